The fourth-order valence-electron chi connectivity index (χ4n) is 5.31. The van der Waals surface area contributed by atoms with Crippen molar-refractivity contribution in [1.82, 2.24) is 41.7 Å². The SMILES string of the molecule is CCC(O)(Nc1ccccc1)NN(c1ccnnn1)c1ccccc1/C=C/c1ccccc1N(NC(O)(CC)Nc1ccccc1)c1ccnnn1. The highest BCUT2D eigenvalue weighted by Crippen LogP contribution is 2.32. The standard InChI is InChI=1S/C38H40N12O2/c1-3-37(51,41-31-17-7-5-8-18-31)45-49(35-25-27-39-47-43-35)33-21-13-11-15-29(33)23-24-30-16-12-14-22-34(30)50(36-26-28-40-48-44-36)46-38(52,4-2)42-32-19-9-6-10-20-32/h5-28,41-42,45-46,51-52H,3-4H2,1-2H3/b24-23+. The van der Waals surface area contributed by atoms with Crippen LogP contribution in [0.3, 0.4) is 0 Å². The molecule has 6 N–H and O–H groups in total. The number of nitrogens with zero attached hydrogens (tertiary/aromatic N) is 8. The van der Waals surface area contributed by atoms with Crippen molar-refractivity contribution in [2.75, 3.05) is 20.7 Å². The van der Waals surface area contributed by atoms with Crippen LogP contribution < -0.4 is 31.5 Å². The average Bonchev–Trinajstić information content (AvgIpc) is 3.20. The van der Waals surface area contributed by atoms with Crippen molar-refractivity contribution in [3.63, 3.8) is 0 Å². The predicted molar refractivity (Wildman–Crippen MR) is 203 cm³/mol. The normalized spacial score (nSPS) is 13.5. The minimum Gasteiger partial charge on any atom is -0.357 e. The molecule has 0 radical (unpaired) electrons. The van der Waals surface area contributed by atoms with E-state index in [-0.39, 0.29) is 0 Å². The number of hydrogen-bond donors (Lipinski definition) is 6. The first kappa shape index (κ1) is 35.5. The molecule has 0 aliphatic carbocycles. The number of anilines is 6. The van der Waals surface area contributed by atoms with Gasteiger partial charge in [-0.1, -0.05) is 98.8 Å². The molecule has 2 unspecified atom stereocenters. The molecule has 14 nitrogen and oxygen atoms in total. The topological polar surface area (TPSA) is 172 Å². The van der Waals surface area contributed by atoms with Crippen LogP contribution >= 0.6 is 0 Å². The zero-order valence-electron chi connectivity index (χ0n) is 28.7. The molecule has 0 saturated carbocycles. The third-order valence-corrected chi connectivity index (χ3v) is 8.10. The van der Waals surface area contributed by atoms with Crippen molar-refractivity contribution in [2.24, 2.45) is 0 Å². The maximum Gasteiger partial charge on any atom is 0.209 e. The van der Waals surface area contributed by atoms with Gasteiger partial charge in [-0.15, -0.1) is 20.4 Å². The first-order valence-corrected chi connectivity index (χ1v) is 16.8. The molecule has 6 rings (SSSR count). The van der Waals surface area contributed by atoms with Crippen LogP contribution in [0.25, 0.3) is 12.2 Å². The molecule has 2 aromatic heterocycles. The van der Waals surface area contributed by atoms with Crippen molar-refractivity contribution >= 4 is 46.5 Å². The van der Waals surface area contributed by atoms with E-state index in [0.717, 1.165) is 22.5 Å². The molecule has 264 valence electrons. The van der Waals surface area contributed by atoms with Crippen LogP contribution in [0.5, 0.6) is 0 Å². The minimum atomic E-state index is -1.57. The van der Waals surface area contributed by atoms with Gasteiger partial charge in [-0.3, -0.25) is 10.0 Å². The van der Waals surface area contributed by atoms with Crippen LogP contribution in [0.2, 0.25) is 0 Å². The number of aromatic nitrogens is 6. The summed E-state index contributed by atoms with van der Waals surface area (Å²) in [7, 11) is 0. The molecule has 0 spiro atoms. The van der Waals surface area contributed by atoms with Gasteiger partial charge in [0.1, 0.15) is 0 Å². The molecule has 14 heteroatoms. The Balaban J connectivity index is 1.36. The van der Waals surface area contributed by atoms with Gasteiger partial charge < -0.3 is 20.8 Å². The summed E-state index contributed by atoms with van der Waals surface area (Å²) in [6.07, 6.45) is 7.58. The van der Waals surface area contributed by atoms with Gasteiger partial charge >= 0.3 is 0 Å². The number of rotatable bonds is 16. The molecule has 4 aromatic carbocycles. The molecular weight excluding hydrogens is 656 g/mol. The fourth-order valence-corrected chi connectivity index (χ4v) is 5.31. The van der Waals surface area contributed by atoms with Crippen molar-refractivity contribution < 1.29 is 10.2 Å². The number of benzene rings is 4. The zero-order valence-corrected chi connectivity index (χ0v) is 28.7. The second kappa shape index (κ2) is 16.6. The molecule has 0 fully saturated rings. The van der Waals surface area contributed by atoms with E-state index in [4.69, 9.17) is 0 Å². The molecule has 0 amide bonds. The van der Waals surface area contributed by atoms with Gasteiger partial charge in [0, 0.05) is 36.3 Å². The van der Waals surface area contributed by atoms with Gasteiger partial charge in [-0.2, -0.15) is 10.9 Å². The molecule has 0 bridgehead atoms. The summed E-state index contributed by atoms with van der Waals surface area (Å²) in [5, 5.41) is 57.3. The van der Waals surface area contributed by atoms with Crippen molar-refractivity contribution in [1.29, 1.82) is 0 Å². The van der Waals surface area contributed by atoms with Crippen molar-refractivity contribution in [2.45, 2.75) is 38.4 Å². The maximum atomic E-state index is 11.8. The Morgan fingerprint density at radius 2 is 0.923 bits per heavy atom. The second-order valence-corrected chi connectivity index (χ2v) is 11.7. The Labute approximate surface area is 301 Å². The van der Waals surface area contributed by atoms with Gasteiger partial charge in [-0.25, -0.2) is 0 Å². The number of nitrogens with one attached hydrogen (secondary N) is 4. The molecule has 6 aromatic rings. The molecule has 0 saturated heterocycles. The van der Waals surface area contributed by atoms with Crippen molar-refractivity contribution in [3.8, 4) is 0 Å². The first-order valence-electron chi connectivity index (χ1n) is 16.8. The van der Waals surface area contributed by atoms with Gasteiger partial charge in [0.15, 0.2) is 11.6 Å². The monoisotopic (exact) mass is 696 g/mol. The van der Waals surface area contributed by atoms with E-state index in [1.54, 1.807) is 22.2 Å². The van der Waals surface area contributed by atoms with E-state index in [1.165, 1.54) is 12.4 Å². The molecule has 2 heterocycles. The highest BCUT2D eigenvalue weighted by molar-refractivity contribution is 5.83. The highest BCUT2D eigenvalue weighted by atomic mass is 16.3. The number of hydrogen-bond acceptors (Lipinski definition) is 14. The zero-order chi connectivity index (χ0) is 36.2. The smallest absolute Gasteiger partial charge is 0.209 e. The number of aliphatic hydroxyl groups is 2. The van der Waals surface area contributed by atoms with E-state index in [0.29, 0.717) is 35.9 Å². The maximum absolute atomic E-state index is 11.8. The summed E-state index contributed by atoms with van der Waals surface area (Å²) in [5.74, 6) is -2.32. The largest absolute Gasteiger partial charge is 0.357 e. The Hall–Kier alpha value is -6.32. The fraction of sp³-hybridized carbons (Fsp3) is 0.158. The molecule has 2 atom stereocenters. The summed E-state index contributed by atoms with van der Waals surface area (Å²) in [4.78, 5) is 0. The highest BCUT2D eigenvalue weighted by Gasteiger charge is 2.31. The molecule has 0 aliphatic rings. The van der Waals surface area contributed by atoms with Gasteiger partial charge in [0.2, 0.25) is 11.7 Å². The first-order chi connectivity index (χ1) is 25.4. The lowest BCUT2D eigenvalue weighted by Crippen LogP contribution is -2.58. The third kappa shape index (κ3) is 8.88. The van der Waals surface area contributed by atoms with Crippen LogP contribution in [0.15, 0.2) is 134 Å². The number of hydrazine groups is 2. The summed E-state index contributed by atoms with van der Waals surface area (Å²) >= 11 is 0. The average molecular weight is 697 g/mol. The lowest BCUT2D eigenvalue weighted by atomic mass is 10.1. The van der Waals surface area contributed by atoms with Crippen LogP contribution in [0.1, 0.15) is 37.8 Å². The summed E-state index contributed by atoms with van der Waals surface area (Å²) < 4.78 is 0. The molecular formula is C38H40N12O2. The van der Waals surface area contributed by atoms with Gasteiger partial charge in [0.05, 0.1) is 23.8 Å². The van der Waals surface area contributed by atoms with Crippen LogP contribution in [-0.4, -0.2) is 52.7 Å². The third-order valence-electron chi connectivity index (χ3n) is 8.10. The Morgan fingerprint density at radius 1 is 0.538 bits per heavy atom. The number of para-hydroxylation sites is 4. The summed E-state index contributed by atoms with van der Waals surface area (Å²) in [6.45, 7) is 3.73. The minimum absolute atomic E-state index is 0.298. The van der Waals surface area contributed by atoms with E-state index in [9.17, 15) is 10.2 Å². The quantitative estimate of drug-likeness (QED) is 0.0404. The van der Waals surface area contributed by atoms with Crippen LogP contribution in [0, 0.1) is 0 Å². The van der Waals surface area contributed by atoms with E-state index >= 15 is 0 Å². The van der Waals surface area contributed by atoms with Gasteiger partial charge in [0.25, 0.3) is 0 Å². The summed E-state index contributed by atoms with van der Waals surface area (Å²) in [6, 6.07) is 37.7. The molecule has 0 aliphatic heterocycles. The Morgan fingerprint density at radius 3 is 1.29 bits per heavy atom. The van der Waals surface area contributed by atoms with Crippen LogP contribution in [0.4, 0.5) is 34.4 Å². The lowest BCUT2D eigenvalue weighted by molar-refractivity contribution is 0.0295. The van der Waals surface area contributed by atoms with Crippen LogP contribution in [-0.2, 0) is 0 Å². The summed E-state index contributed by atoms with van der Waals surface area (Å²) in [5.41, 5.74) is 10.9. The van der Waals surface area contributed by atoms with E-state index in [1.807, 2.05) is 135 Å². The van der Waals surface area contributed by atoms with Crippen molar-refractivity contribution in [3.05, 3.63) is 145 Å². The van der Waals surface area contributed by atoms with Gasteiger partial charge in [-0.05, 0) is 58.0 Å². The van der Waals surface area contributed by atoms with E-state index in [2.05, 4.69) is 52.3 Å². The lowest BCUT2D eigenvalue weighted by Gasteiger charge is -2.37. The Kier molecular flexibility index (Phi) is 11.3. The van der Waals surface area contributed by atoms with E-state index < -0.39 is 11.7 Å². The molecule has 52 heavy (non-hydrogen) atoms. The second-order valence-electron chi connectivity index (χ2n) is 11.7. The predicted octanol–water partition coefficient (Wildman–Crippen LogP) is 5.85. The Bertz CT molecular complexity index is 1880.